The highest BCUT2D eigenvalue weighted by Gasteiger charge is 2.14. The van der Waals surface area contributed by atoms with E-state index < -0.39 is 0 Å². The Morgan fingerprint density at radius 3 is 2.77 bits per heavy atom. The van der Waals surface area contributed by atoms with Crippen LogP contribution < -0.4 is 5.32 Å². The van der Waals surface area contributed by atoms with Crippen molar-refractivity contribution in [3.8, 4) is 11.3 Å². The van der Waals surface area contributed by atoms with Crippen LogP contribution in [0.1, 0.15) is 25.5 Å². The molecule has 4 aromatic heterocycles. The van der Waals surface area contributed by atoms with E-state index in [1.54, 1.807) is 17.7 Å². The van der Waals surface area contributed by atoms with Crippen molar-refractivity contribution < 1.29 is 0 Å². The molecule has 0 spiro atoms. The summed E-state index contributed by atoms with van der Waals surface area (Å²) >= 11 is 7.77. The summed E-state index contributed by atoms with van der Waals surface area (Å²) in [5.41, 5.74) is 4.60. The van der Waals surface area contributed by atoms with Crippen molar-refractivity contribution in [1.29, 1.82) is 0 Å². The quantitative estimate of drug-likeness (QED) is 0.501. The Balaban J connectivity index is 1.56. The van der Waals surface area contributed by atoms with Crippen LogP contribution in [0.2, 0.25) is 5.28 Å². The number of halogens is 1. The van der Waals surface area contributed by atoms with Gasteiger partial charge in [0.2, 0.25) is 5.28 Å². The third-order valence-corrected chi connectivity index (χ3v) is 4.90. The molecule has 0 unspecified atom stereocenters. The first-order valence-corrected chi connectivity index (χ1v) is 9.55. The second kappa shape index (κ2) is 7.01. The summed E-state index contributed by atoms with van der Waals surface area (Å²) in [6, 6.07) is 6.39. The van der Waals surface area contributed by atoms with E-state index in [4.69, 9.17) is 11.6 Å². The molecular weight excluding hydrogens is 368 g/mol. The number of rotatable bonds is 5. The molecule has 0 saturated carbocycles. The minimum Gasteiger partial charge on any atom is -0.364 e. The molecule has 0 aliphatic carbocycles. The summed E-state index contributed by atoms with van der Waals surface area (Å²) in [4.78, 5) is 17.6. The minimum atomic E-state index is 0.202. The van der Waals surface area contributed by atoms with Crippen molar-refractivity contribution in [2.75, 3.05) is 5.32 Å². The predicted molar refractivity (Wildman–Crippen MR) is 106 cm³/mol. The first-order valence-electron chi connectivity index (χ1n) is 8.23. The van der Waals surface area contributed by atoms with Crippen molar-refractivity contribution in [3.63, 3.8) is 0 Å². The third-order valence-electron chi connectivity index (χ3n) is 4.05. The van der Waals surface area contributed by atoms with Crippen LogP contribution >= 0.6 is 22.9 Å². The molecule has 0 aliphatic rings. The highest BCUT2D eigenvalue weighted by Crippen LogP contribution is 2.24. The molecule has 4 aromatic rings. The van der Waals surface area contributed by atoms with Crippen molar-refractivity contribution in [2.24, 2.45) is 0 Å². The fourth-order valence-electron chi connectivity index (χ4n) is 2.69. The lowest BCUT2D eigenvalue weighted by molar-refractivity contribution is 0.612. The molecule has 1 N–H and O–H groups in total. The van der Waals surface area contributed by atoms with Gasteiger partial charge in [0, 0.05) is 29.7 Å². The first kappa shape index (κ1) is 16.9. The normalized spacial score (nSPS) is 11.4. The predicted octanol–water partition coefficient (Wildman–Crippen LogP) is 4.80. The molecule has 26 heavy (non-hydrogen) atoms. The summed E-state index contributed by atoms with van der Waals surface area (Å²) in [7, 11) is 0. The average Bonchev–Trinajstić information content (AvgIpc) is 3.29. The minimum absolute atomic E-state index is 0.202. The highest BCUT2D eigenvalue weighted by molar-refractivity contribution is 7.08. The SMILES string of the molecule is CC(C)n1cnc2c(NCc3ccc(-c4ccsc4)nc3)nc(Cl)nc21. The number of thiophene rings is 1. The summed E-state index contributed by atoms with van der Waals surface area (Å²) < 4.78 is 1.98. The number of aromatic nitrogens is 5. The summed E-state index contributed by atoms with van der Waals surface area (Å²) in [6.45, 7) is 4.73. The number of fused-ring (bicyclic) bond motifs is 1. The van der Waals surface area contributed by atoms with E-state index in [0.717, 1.165) is 22.5 Å². The van der Waals surface area contributed by atoms with Gasteiger partial charge in [-0.3, -0.25) is 4.98 Å². The first-order chi connectivity index (χ1) is 12.6. The monoisotopic (exact) mass is 384 g/mol. The van der Waals surface area contributed by atoms with Crippen LogP contribution in [-0.4, -0.2) is 24.5 Å². The van der Waals surface area contributed by atoms with Crippen LogP contribution in [0.3, 0.4) is 0 Å². The summed E-state index contributed by atoms with van der Waals surface area (Å²) in [5, 5.41) is 7.64. The molecule has 6 nitrogen and oxygen atoms in total. The van der Waals surface area contributed by atoms with Gasteiger partial charge >= 0.3 is 0 Å². The van der Waals surface area contributed by atoms with Gasteiger partial charge in [0.1, 0.15) is 0 Å². The molecule has 0 aliphatic heterocycles. The number of anilines is 1. The van der Waals surface area contributed by atoms with E-state index in [0.29, 0.717) is 17.9 Å². The Morgan fingerprint density at radius 2 is 2.08 bits per heavy atom. The molecule has 0 bridgehead atoms. The van der Waals surface area contributed by atoms with Gasteiger partial charge in [-0.1, -0.05) is 6.07 Å². The van der Waals surface area contributed by atoms with Crippen molar-refractivity contribution >= 4 is 39.9 Å². The van der Waals surface area contributed by atoms with Crippen LogP contribution in [0.4, 0.5) is 5.82 Å². The fraction of sp³-hybridized carbons (Fsp3) is 0.222. The van der Waals surface area contributed by atoms with E-state index in [9.17, 15) is 0 Å². The number of nitrogens with one attached hydrogen (secondary N) is 1. The molecule has 0 amide bonds. The van der Waals surface area contributed by atoms with Gasteiger partial charge in [0.25, 0.3) is 0 Å². The maximum Gasteiger partial charge on any atom is 0.226 e. The van der Waals surface area contributed by atoms with Crippen molar-refractivity contribution in [2.45, 2.75) is 26.4 Å². The maximum absolute atomic E-state index is 6.10. The molecule has 132 valence electrons. The molecule has 0 radical (unpaired) electrons. The number of imidazole rings is 1. The van der Waals surface area contributed by atoms with E-state index in [1.165, 1.54) is 0 Å². The van der Waals surface area contributed by atoms with Crippen molar-refractivity contribution in [1.82, 2.24) is 24.5 Å². The van der Waals surface area contributed by atoms with Crippen LogP contribution in [0.15, 0.2) is 41.5 Å². The molecule has 4 heterocycles. The Morgan fingerprint density at radius 1 is 1.19 bits per heavy atom. The van der Waals surface area contributed by atoms with Gasteiger partial charge in [-0.2, -0.15) is 21.3 Å². The van der Waals surface area contributed by atoms with Gasteiger partial charge in [-0.25, -0.2) is 4.98 Å². The molecule has 8 heteroatoms. The number of hydrogen-bond donors (Lipinski definition) is 1. The highest BCUT2D eigenvalue weighted by atomic mass is 35.5. The summed E-state index contributed by atoms with van der Waals surface area (Å²) in [5.74, 6) is 0.626. The van der Waals surface area contributed by atoms with Gasteiger partial charge < -0.3 is 9.88 Å². The molecular formula is C18H17ClN6S. The number of hydrogen-bond acceptors (Lipinski definition) is 6. The van der Waals surface area contributed by atoms with Crippen LogP contribution in [-0.2, 0) is 6.54 Å². The Kier molecular flexibility index (Phi) is 4.57. The largest absolute Gasteiger partial charge is 0.364 e. The zero-order chi connectivity index (χ0) is 18.1. The lowest BCUT2D eigenvalue weighted by atomic mass is 10.2. The second-order valence-electron chi connectivity index (χ2n) is 6.18. The average molecular weight is 385 g/mol. The Bertz CT molecular complexity index is 1020. The van der Waals surface area contributed by atoms with Crippen LogP contribution in [0.25, 0.3) is 22.4 Å². The topological polar surface area (TPSA) is 68.5 Å². The van der Waals surface area contributed by atoms with Crippen LogP contribution in [0.5, 0.6) is 0 Å². The zero-order valence-electron chi connectivity index (χ0n) is 14.3. The number of pyridine rings is 1. The third kappa shape index (κ3) is 3.27. The zero-order valence-corrected chi connectivity index (χ0v) is 15.9. The van der Waals surface area contributed by atoms with E-state index in [2.05, 4.69) is 56.6 Å². The lowest BCUT2D eigenvalue weighted by Gasteiger charge is -2.09. The van der Waals surface area contributed by atoms with Gasteiger partial charge in [0.05, 0.1) is 12.0 Å². The van der Waals surface area contributed by atoms with E-state index in [-0.39, 0.29) is 11.3 Å². The van der Waals surface area contributed by atoms with E-state index in [1.807, 2.05) is 22.2 Å². The molecule has 0 saturated heterocycles. The molecule has 0 aromatic carbocycles. The van der Waals surface area contributed by atoms with Crippen molar-refractivity contribution in [3.05, 3.63) is 52.3 Å². The molecule has 0 atom stereocenters. The fourth-order valence-corrected chi connectivity index (χ4v) is 3.50. The smallest absolute Gasteiger partial charge is 0.226 e. The van der Waals surface area contributed by atoms with Gasteiger partial charge in [-0.05, 0) is 48.5 Å². The second-order valence-corrected chi connectivity index (χ2v) is 7.29. The summed E-state index contributed by atoms with van der Waals surface area (Å²) in [6.07, 6.45) is 3.63. The van der Waals surface area contributed by atoms with Gasteiger partial charge in [-0.15, -0.1) is 0 Å². The number of nitrogens with zero attached hydrogens (tertiary/aromatic N) is 5. The molecule has 0 fully saturated rings. The standard InChI is InChI=1S/C18H17ClN6S/c1-11(2)25-10-22-15-16(23-18(19)24-17(15)25)21-8-12-3-4-14(20-7-12)13-5-6-26-9-13/h3-7,9-11H,8H2,1-2H3,(H,21,23,24). The Labute approximate surface area is 159 Å². The lowest BCUT2D eigenvalue weighted by Crippen LogP contribution is -2.05. The maximum atomic E-state index is 6.10. The molecule has 4 rings (SSSR count). The Hall–Kier alpha value is -2.51. The van der Waals surface area contributed by atoms with Gasteiger partial charge in [0.15, 0.2) is 17.0 Å². The van der Waals surface area contributed by atoms with E-state index >= 15 is 0 Å². The van der Waals surface area contributed by atoms with Crippen LogP contribution in [0, 0.1) is 0 Å².